The van der Waals surface area contributed by atoms with Crippen LogP contribution in [0.5, 0.6) is 0 Å². The third kappa shape index (κ3) is 3.69. The van der Waals surface area contributed by atoms with Gasteiger partial charge in [0, 0.05) is 12.0 Å². The molecule has 3 aromatic carbocycles. The maximum absolute atomic E-state index is 15.0. The Morgan fingerprint density at radius 3 is 1.75 bits per heavy atom. The third-order valence-corrected chi connectivity index (χ3v) is 6.24. The van der Waals surface area contributed by atoms with Crippen molar-refractivity contribution in [1.82, 2.24) is 0 Å². The van der Waals surface area contributed by atoms with Crippen LogP contribution in [0.25, 0.3) is 0 Å². The molecule has 1 aliphatic heterocycles. The number of hydrogen-bond acceptors (Lipinski definition) is 3. The van der Waals surface area contributed by atoms with Gasteiger partial charge in [0.2, 0.25) is 0 Å². The van der Waals surface area contributed by atoms with Crippen LogP contribution >= 0.6 is 0 Å². The number of fused-ring (bicyclic) bond motifs is 1. The van der Waals surface area contributed by atoms with E-state index in [1.165, 1.54) is 0 Å². The highest BCUT2D eigenvalue weighted by Gasteiger charge is 2.49. The maximum atomic E-state index is 15.0. The Kier molecular flexibility index (Phi) is 5.46. The fourth-order valence-electron chi connectivity index (χ4n) is 4.86. The molecule has 1 heterocycles. The minimum atomic E-state index is -0.899. The van der Waals surface area contributed by atoms with Crippen LogP contribution in [-0.4, -0.2) is 24.6 Å². The van der Waals surface area contributed by atoms with Crippen molar-refractivity contribution >= 4 is 0 Å². The monoisotopic (exact) mass is 430 g/mol. The third-order valence-electron chi connectivity index (χ3n) is 6.24. The summed E-state index contributed by atoms with van der Waals surface area (Å²) in [6.07, 6.45) is -0.505. The van der Waals surface area contributed by atoms with Crippen molar-refractivity contribution in [2.75, 3.05) is 6.61 Å². The van der Waals surface area contributed by atoms with Gasteiger partial charge in [-0.05, 0) is 30.5 Å². The minimum Gasteiger partial charge on any atom is -0.356 e. The summed E-state index contributed by atoms with van der Waals surface area (Å²) in [4.78, 5) is 0. The van der Waals surface area contributed by atoms with Crippen LogP contribution in [0.3, 0.4) is 0 Å². The Morgan fingerprint density at radius 2 is 1.28 bits per heavy atom. The van der Waals surface area contributed by atoms with Gasteiger partial charge in [0.15, 0.2) is 5.79 Å². The highest BCUT2D eigenvalue weighted by molar-refractivity contribution is 5.47. The summed E-state index contributed by atoms with van der Waals surface area (Å²) in [5.74, 6) is -0.921. The molecule has 2 atom stereocenters. The maximum Gasteiger partial charge on any atom is 0.164 e. The number of halogens is 1. The van der Waals surface area contributed by atoms with Gasteiger partial charge in [-0.3, -0.25) is 0 Å². The SMILES string of the molecule is CC1(C)O[C@@H]2C(COC(c3ccccc3)(c3ccccc3)c3ccccc3)=C(F)C[C@H]2O1. The number of ether oxygens (including phenoxy) is 3. The second-order valence-electron chi connectivity index (χ2n) is 8.80. The molecule has 0 amide bonds. The summed E-state index contributed by atoms with van der Waals surface area (Å²) in [7, 11) is 0. The van der Waals surface area contributed by atoms with Crippen molar-refractivity contribution in [3.63, 3.8) is 0 Å². The zero-order valence-electron chi connectivity index (χ0n) is 18.3. The van der Waals surface area contributed by atoms with Crippen molar-refractivity contribution in [3.05, 3.63) is 119 Å². The van der Waals surface area contributed by atoms with Crippen molar-refractivity contribution < 1.29 is 18.6 Å². The molecule has 0 aromatic heterocycles. The van der Waals surface area contributed by atoms with E-state index in [2.05, 4.69) is 36.4 Å². The molecule has 3 aromatic rings. The van der Waals surface area contributed by atoms with E-state index in [0.717, 1.165) is 16.7 Å². The lowest BCUT2D eigenvalue weighted by Crippen LogP contribution is -2.35. The quantitative estimate of drug-likeness (QED) is 0.440. The van der Waals surface area contributed by atoms with Crippen LogP contribution in [0.4, 0.5) is 4.39 Å². The molecule has 0 saturated carbocycles. The van der Waals surface area contributed by atoms with Crippen LogP contribution < -0.4 is 0 Å². The second kappa shape index (κ2) is 8.28. The van der Waals surface area contributed by atoms with E-state index in [0.29, 0.717) is 5.57 Å². The van der Waals surface area contributed by atoms with Gasteiger partial charge in [0.25, 0.3) is 0 Å². The van der Waals surface area contributed by atoms with Crippen LogP contribution in [0.2, 0.25) is 0 Å². The fraction of sp³-hybridized carbons (Fsp3) is 0.286. The zero-order chi connectivity index (χ0) is 22.2. The first-order valence-electron chi connectivity index (χ1n) is 11.0. The standard InChI is InChI=1S/C28H27FO3/c1-27(2)31-25-18-24(29)23(26(25)32-27)19-30-28(20-12-6-3-7-13-20,21-14-8-4-9-15-21)22-16-10-5-11-17-22/h3-17,25-26H,18-19H2,1-2H3/t25-,26-/m1/s1. The molecular formula is C28H27FO3. The summed E-state index contributed by atoms with van der Waals surface area (Å²) in [5, 5.41) is 0. The van der Waals surface area contributed by atoms with Gasteiger partial charge in [0.05, 0.1) is 12.7 Å². The molecule has 1 saturated heterocycles. The van der Waals surface area contributed by atoms with Gasteiger partial charge in [-0.15, -0.1) is 0 Å². The summed E-state index contributed by atoms with van der Waals surface area (Å²) in [6, 6.07) is 30.3. The molecular weight excluding hydrogens is 403 g/mol. The van der Waals surface area contributed by atoms with Gasteiger partial charge < -0.3 is 14.2 Å². The number of rotatable bonds is 6. The first-order valence-corrected chi connectivity index (χ1v) is 11.0. The number of benzene rings is 3. The van der Waals surface area contributed by atoms with Gasteiger partial charge in [-0.25, -0.2) is 4.39 Å². The van der Waals surface area contributed by atoms with Crippen LogP contribution in [0.15, 0.2) is 102 Å². The minimum absolute atomic E-state index is 0.102. The normalized spacial score (nSPS) is 22.2. The molecule has 3 nitrogen and oxygen atoms in total. The lowest BCUT2D eigenvalue weighted by Gasteiger charge is -2.36. The topological polar surface area (TPSA) is 27.7 Å². The molecule has 0 spiro atoms. The lowest BCUT2D eigenvalue weighted by atomic mass is 9.80. The van der Waals surface area contributed by atoms with Crippen LogP contribution in [0, 0.1) is 0 Å². The predicted octanol–water partition coefficient (Wildman–Crippen LogP) is 6.14. The Bertz CT molecular complexity index is 997. The fourth-order valence-corrected chi connectivity index (χ4v) is 4.86. The van der Waals surface area contributed by atoms with Gasteiger partial charge in [-0.1, -0.05) is 91.0 Å². The van der Waals surface area contributed by atoms with E-state index in [4.69, 9.17) is 14.2 Å². The van der Waals surface area contributed by atoms with Gasteiger partial charge in [-0.2, -0.15) is 0 Å². The van der Waals surface area contributed by atoms with Crippen molar-refractivity contribution in [2.24, 2.45) is 0 Å². The van der Waals surface area contributed by atoms with E-state index in [1.807, 2.05) is 68.4 Å². The molecule has 0 bridgehead atoms. The Balaban J connectivity index is 1.59. The predicted molar refractivity (Wildman–Crippen MR) is 122 cm³/mol. The highest BCUT2D eigenvalue weighted by Crippen LogP contribution is 2.45. The summed E-state index contributed by atoms with van der Waals surface area (Å²) < 4.78 is 33.7. The first kappa shape index (κ1) is 21.1. The van der Waals surface area contributed by atoms with Gasteiger partial charge >= 0.3 is 0 Å². The molecule has 32 heavy (non-hydrogen) atoms. The average Bonchev–Trinajstić information content (AvgIpc) is 3.26. The summed E-state index contributed by atoms with van der Waals surface area (Å²) in [6.45, 7) is 3.83. The average molecular weight is 431 g/mol. The Morgan fingerprint density at radius 1 is 0.812 bits per heavy atom. The first-order chi connectivity index (χ1) is 15.5. The van der Waals surface area contributed by atoms with Crippen LogP contribution in [0.1, 0.15) is 37.0 Å². The highest BCUT2D eigenvalue weighted by atomic mass is 19.1. The van der Waals surface area contributed by atoms with Crippen molar-refractivity contribution in [3.8, 4) is 0 Å². The molecule has 4 heteroatoms. The molecule has 1 fully saturated rings. The summed E-state index contributed by atoms with van der Waals surface area (Å²) >= 11 is 0. The largest absolute Gasteiger partial charge is 0.356 e. The molecule has 1 aliphatic carbocycles. The van der Waals surface area contributed by atoms with E-state index in [1.54, 1.807) is 0 Å². The van der Waals surface area contributed by atoms with E-state index < -0.39 is 17.5 Å². The molecule has 0 unspecified atom stereocenters. The molecule has 0 radical (unpaired) electrons. The summed E-state index contributed by atoms with van der Waals surface area (Å²) in [5.41, 5.74) is 2.59. The van der Waals surface area contributed by atoms with Crippen molar-refractivity contribution in [1.29, 1.82) is 0 Å². The molecule has 0 N–H and O–H groups in total. The molecule has 164 valence electrons. The smallest absolute Gasteiger partial charge is 0.164 e. The second-order valence-corrected chi connectivity index (χ2v) is 8.80. The lowest BCUT2D eigenvalue weighted by molar-refractivity contribution is -0.146. The van der Waals surface area contributed by atoms with Crippen molar-refractivity contribution in [2.45, 2.75) is 43.9 Å². The Hall–Kier alpha value is -2.79. The molecule has 5 rings (SSSR count). The molecule has 2 aliphatic rings. The van der Waals surface area contributed by atoms with E-state index in [-0.39, 0.29) is 25.0 Å². The Labute approximate surface area is 188 Å². The van der Waals surface area contributed by atoms with Gasteiger partial charge in [0.1, 0.15) is 17.5 Å². The van der Waals surface area contributed by atoms with E-state index >= 15 is 0 Å². The van der Waals surface area contributed by atoms with Crippen LogP contribution in [-0.2, 0) is 19.8 Å². The van der Waals surface area contributed by atoms with E-state index in [9.17, 15) is 4.39 Å². The zero-order valence-corrected chi connectivity index (χ0v) is 18.3. The number of hydrogen-bond donors (Lipinski definition) is 0.